The minimum Gasteiger partial charge on any atom is -0.460 e. The molecule has 2 rings (SSSR count). The molecule has 1 aromatic heterocycles. The van der Waals surface area contributed by atoms with E-state index < -0.39 is 0 Å². The van der Waals surface area contributed by atoms with Crippen LogP contribution >= 0.6 is 0 Å². The second kappa shape index (κ2) is 10.2. The molecule has 0 spiro atoms. The number of pyridine rings is 1. The van der Waals surface area contributed by atoms with Crippen LogP contribution in [0.4, 0.5) is 23.0 Å². The Morgan fingerprint density at radius 3 is 2.61 bits per heavy atom. The predicted octanol–water partition coefficient (Wildman–Crippen LogP) is 4.31. The van der Waals surface area contributed by atoms with Crippen molar-refractivity contribution in [2.75, 3.05) is 17.6 Å². The number of aromatic nitrogens is 1. The lowest BCUT2D eigenvalue weighted by Crippen LogP contribution is -2.17. The van der Waals surface area contributed by atoms with Crippen LogP contribution in [0.2, 0.25) is 0 Å². The number of carbonyl (C=O) groups is 1. The third-order valence-electron chi connectivity index (χ3n) is 3.56. The second-order valence-electron chi connectivity index (χ2n) is 6.59. The number of allylic oxidation sites excluding steroid dienone is 1. The van der Waals surface area contributed by atoms with Gasteiger partial charge in [-0.1, -0.05) is 32.6 Å². The number of hydrogen-bond acceptors (Lipinski definition) is 7. The molecule has 8 heteroatoms. The minimum atomic E-state index is -0.225. The zero-order valence-electron chi connectivity index (χ0n) is 16.2. The van der Waals surface area contributed by atoms with Gasteiger partial charge in [0.05, 0.1) is 5.76 Å². The van der Waals surface area contributed by atoms with Crippen LogP contribution in [0.1, 0.15) is 26.7 Å². The molecule has 0 atom stereocenters. The lowest BCUT2D eigenvalue weighted by atomic mass is 10.1. The molecule has 148 valence electrons. The van der Waals surface area contributed by atoms with Crippen LogP contribution in [0.25, 0.3) is 0 Å². The Labute approximate surface area is 164 Å². The summed E-state index contributed by atoms with van der Waals surface area (Å²) in [5, 5.41) is 11.0. The number of nitrogen functional groups attached to an aromatic ring is 1. The first-order valence-electron chi connectivity index (χ1n) is 9.02. The van der Waals surface area contributed by atoms with Crippen LogP contribution in [0.5, 0.6) is 5.75 Å². The first-order chi connectivity index (χ1) is 13.4. The second-order valence-corrected chi connectivity index (χ2v) is 6.59. The number of benzene rings is 1. The molecule has 1 amide bonds. The number of carbonyl (C=O) groups excluding carboxylic acids is 1. The zero-order chi connectivity index (χ0) is 20.5. The molecule has 1 aromatic carbocycles. The Morgan fingerprint density at radius 2 is 1.93 bits per heavy atom. The van der Waals surface area contributed by atoms with Gasteiger partial charge in [0.1, 0.15) is 17.2 Å². The van der Waals surface area contributed by atoms with Crippen molar-refractivity contribution in [1.29, 1.82) is 0 Å². The summed E-state index contributed by atoms with van der Waals surface area (Å²) in [6.07, 6.45) is 0.960. The van der Waals surface area contributed by atoms with Crippen molar-refractivity contribution in [2.24, 2.45) is 21.9 Å². The minimum absolute atomic E-state index is 0.150. The molecule has 28 heavy (non-hydrogen) atoms. The fraction of sp³-hybridized carbons (Fsp3) is 0.300. The van der Waals surface area contributed by atoms with Gasteiger partial charge in [-0.3, -0.25) is 4.79 Å². The van der Waals surface area contributed by atoms with Gasteiger partial charge in [0.2, 0.25) is 5.91 Å². The summed E-state index contributed by atoms with van der Waals surface area (Å²) < 4.78 is 5.81. The van der Waals surface area contributed by atoms with E-state index in [4.69, 9.17) is 16.2 Å². The Morgan fingerprint density at radius 1 is 1.21 bits per heavy atom. The first-order valence-corrected chi connectivity index (χ1v) is 9.02. The number of ether oxygens (including phenoxy) is 1. The molecule has 0 saturated carbocycles. The zero-order valence-corrected chi connectivity index (χ0v) is 16.2. The summed E-state index contributed by atoms with van der Waals surface area (Å²) in [5.41, 5.74) is 12.2. The van der Waals surface area contributed by atoms with Gasteiger partial charge < -0.3 is 21.5 Å². The quantitative estimate of drug-likeness (QED) is 0.440. The maximum Gasteiger partial charge on any atom is 0.226 e. The van der Waals surface area contributed by atoms with Gasteiger partial charge in [-0.25, -0.2) is 4.98 Å². The van der Waals surface area contributed by atoms with Gasteiger partial charge in [0, 0.05) is 19.4 Å². The molecule has 0 radical (unpaired) electrons. The Balaban J connectivity index is 2.13. The number of anilines is 2. The highest BCUT2D eigenvalue weighted by atomic mass is 16.5. The summed E-state index contributed by atoms with van der Waals surface area (Å²) in [5.74, 6) is 1.93. The van der Waals surface area contributed by atoms with Gasteiger partial charge in [0.25, 0.3) is 0 Å². The van der Waals surface area contributed by atoms with Crippen LogP contribution in [0.3, 0.4) is 0 Å². The highest BCUT2D eigenvalue weighted by Gasteiger charge is 2.08. The van der Waals surface area contributed by atoms with E-state index >= 15 is 0 Å². The molecule has 8 nitrogen and oxygen atoms in total. The van der Waals surface area contributed by atoms with Gasteiger partial charge in [0.15, 0.2) is 11.6 Å². The number of nitrogens with one attached hydrogen (secondary N) is 1. The molecule has 0 aliphatic rings. The van der Waals surface area contributed by atoms with Crippen molar-refractivity contribution < 1.29 is 9.53 Å². The maximum atomic E-state index is 11.6. The van der Waals surface area contributed by atoms with Crippen LogP contribution in [-0.2, 0) is 4.79 Å². The molecular weight excluding hydrogens is 356 g/mol. The number of azo groups is 1. The van der Waals surface area contributed by atoms with Crippen molar-refractivity contribution in [3.63, 3.8) is 0 Å². The van der Waals surface area contributed by atoms with Crippen LogP contribution in [0.15, 0.2) is 59.0 Å². The smallest absolute Gasteiger partial charge is 0.226 e. The molecule has 0 aliphatic heterocycles. The molecule has 0 unspecified atom stereocenters. The molecule has 5 N–H and O–H groups in total. The first kappa shape index (κ1) is 21.0. The van der Waals surface area contributed by atoms with Gasteiger partial charge in [-0.2, -0.15) is 0 Å². The van der Waals surface area contributed by atoms with Gasteiger partial charge in [-0.15, -0.1) is 10.2 Å². The van der Waals surface area contributed by atoms with Crippen molar-refractivity contribution in [3.05, 3.63) is 48.7 Å². The number of rotatable bonds is 9. The molecule has 1 heterocycles. The van der Waals surface area contributed by atoms with Gasteiger partial charge >= 0.3 is 0 Å². The Hall–Kier alpha value is -3.26. The van der Waals surface area contributed by atoms with E-state index in [9.17, 15) is 4.79 Å². The topological polar surface area (TPSA) is 128 Å². The summed E-state index contributed by atoms with van der Waals surface area (Å²) in [6, 6.07) is 10.5. The van der Waals surface area contributed by atoms with E-state index in [1.165, 1.54) is 0 Å². The van der Waals surface area contributed by atoms with Gasteiger partial charge in [-0.05, 0) is 30.2 Å². The highest BCUT2D eigenvalue weighted by molar-refractivity contribution is 5.90. The van der Waals surface area contributed by atoms with E-state index in [2.05, 4.69) is 41.0 Å². The molecule has 0 saturated heterocycles. The lowest BCUT2D eigenvalue weighted by Gasteiger charge is -2.12. The number of nitrogens with zero attached hydrogens (tertiary/aromatic N) is 3. The molecule has 2 aromatic rings. The fourth-order valence-corrected chi connectivity index (χ4v) is 2.34. The summed E-state index contributed by atoms with van der Waals surface area (Å²) in [7, 11) is 0. The SMILES string of the molecule is C=C(CC(C)C)Oc1ccccc1/N=N/c1ccc(NC(=O)CCN)nc1N. The largest absolute Gasteiger partial charge is 0.460 e. The molecule has 0 aliphatic carbocycles. The van der Waals surface area contributed by atoms with Crippen molar-refractivity contribution >= 4 is 28.9 Å². The van der Waals surface area contributed by atoms with Crippen LogP contribution < -0.4 is 21.5 Å². The number of amides is 1. The summed E-state index contributed by atoms with van der Waals surface area (Å²) in [6.45, 7) is 8.40. The van der Waals surface area contributed by atoms with E-state index in [0.29, 0.717) is 34.6 Å². The van der Waals surface area contributed by atoms with Crippen molar-refractivity contribution in [3.8, 4) is 5.75 Å². The van der Waals surface area contributed by atoms with E-state index in [-0.39, 0.29) is 24.7 Å². The maximum absolute atomic E-state index is 11.6. The monoisotopic (exact) mass is 382 g/mol. The van der Waals surface area contributed by atoms with E-state index in [1.807, 2.05) is 12.1 Å². The predicted molar refractivity (Wildman–Crippen MR) is 111 cm³/mol. The lowest BCUT2D eigenvalue weighted by molar-refractivity contribution is -0.116. The number of hydrogen-bond donors (Lipinski definition) is 3. The summed E-state index contributed by atoms with van der Waals surface area (Å²) >= 11 is 0. The Bertz CT molecular complexity index is 864. The average molecular weight is 382 g/mol. The van der Waals surface area contributed by atoms with Crippen LogP contribution in [-0.4, -0.2) is 17.4 Å². The third kappa shape index (κ3) is 6.48. The van der Waals surface area contributed by atoms with E-state index in [1.54, 1.807) is 24.3 Å². The van der Waals surface area contributed by atoms with Crippen molar-refractivity contribution in [1.82, 2.24) is 4.98 Å². The number of para-hydroxylation sites is 1. The highest BCUT2D eigenvalue weighted by Crippen LogP contribution is 2.32. The van der Waals surface area contributed by atoms with E-state index in [0.717, 1.165) is 6.42 Å². The molecular formula is C20H26N6O2. The average Bonchev–Trinajstić information content (AvgIpc) is 2.61. The fourth-order valence-electron chi connectivity index (χ4n) is 2.34. The normalized spacial score (nSPS) is 11.0. The Kier molecular flexibility index (Phi) is 7.65. The van der Waals surface area contributed by atoms with Crippen molar-refractivity contribution in [2.45, 2.75) is 26.7 Å². The molecule has 0 fully saturated rings. The standard InChI is InChI=1S/C20H26N6O2/c1-13(2)12-14(3)28-17-7-5-4-6-15(17)25-26-16-8-9-18(24-20(16)22)23-19(27)10-11-21/h4-9,13H,3,10-12,21H2,1-2H3,(H3,22,23,24,27)/b26-25+. The third-order valence-corrected chi connectivity index (χ3v) is 3.56. The number of nitrogens with two attached hydrogens (primary N) is 2. The molecule has 0 bridgehead atoms. The summed E-state index contributed by atoms with van der Waals surface area (Å²) in [4.78, 5) is 15.7. The van der Waals surface area contributed by atoms with Crippen LogP contribution in [0, 0.1) is 5.92 Å².